The molecule has 0 unspecified atom stereocenters. The van der Waals surface area contributed by atoms with Crippen molar-refractivity contribution in [1.82, 2.24) is 4.90 Å². The fraction of sp³-hybridized carbons (Fsp3) is 0.875. The summed E-state index contributed by atoms with van der Waals surface area (Å²) < 4.78 is 24.4. The molecule has 0 radical (unpaired) electrons. The summed E-state index contributed by atoms with van der Waals surface area (Å²) in [5.74, 6) is -0.913. The van der Waals surface area contributed by atoms with Crippen molar-refractivity contribution in [3.8, 4) is 0 Å². The van der Waals surface area contributed by atoms with E-state index in [9.17, 15) is 13.6 Å². The van der Waals surface area contributed by atoms with Gasteiger partial charge in [0.15, 0.2) is 0 Å². The van der Waals surface area contributed by atoms with E-state index in [1.807, 2.05) is 0 Å². The minimum absolute atomic E-state index is 0.146. The monoisotopic (exact) mass is 211 g/mol. The molecule has 1 fully saturated rings. The minimum Gasteiger partial charge on any atom is -0.341 e. The van der Waals surface area contributed by atoms with Crippen LogP contribution in [0.25, 0.3) is 0 Å². The first-order chi connectivity index (χ1) is 6.02. The van der Waals surface area contributed by atoms with Crippen LogP contribution in [0.1, 0.15) is 13.3 Å². The van der Waals surface area contributed by atoms with Crippen LogP contribution in [0.5, 0.6) is 0 Å². The molecule has 1 heterocycles. The molecule has 0 saturated carbocycles. The van der Waals surface area contributed by atoms with E-state index in [-0.39, 0.29) is 12.5 Å². The van der Waals surface area contributed by atoms with Crippen LogP contribution < -0.4 is 0 Å². The maximum atomic E-state index is 12.2. The lowest BCUT2D eigenvalue weighted by Gasteiger charge is -2.17. The van der Waals surface area contributed by atoms with Gasteiger partial charge in [-0.15, -0.1) is 11.6 Å². The SMILES string of the molecule is C[C@H](Cl)C(=O)N1CC[C@@H](C(F)F)C1. The van der Waals surface area contributed by atoms with Crippen molar-refractivity contribution in [3.63, 3.8) is 0 Å². The van der Waals surface area contributed by atoms with E-state index in [0.717, 1.165) is 0 Å². The number of halogens is 3. The molecule has 1 saturated heterocycles. The Morgan fingerprint density at radius 1 is 1.62 bits per heavy atom. The summed E-state index contributed by atoms with van der Waals surface area (Å²) in [6.07, 6.45) is -1.95. The summed E-state index contributed by atoms with van der Waals surface area (Å²) >= 11 is 5.56. The highest BCUT2D eigenvalue weighted by Gasteiger charge is 2.32. The number of hydrogen-bond donors (Lipinski definition) is 0. The molecule has 2 nitrogen and oxygen atoms in total. The Hall–Kier alpha value is -0.380. The van der Waals surface area contributed by atoms with Crippen LogP contribution in [0.4, 0.5) is 8.78 Å². The van der Waals surface area contributed by atoms with Crippen LogP contribution in [0.3, 0.4) is 0 Å². The topological polar surface area (TPSA) is 20.3 Å². The van der Waals surface area contributed by atoms with Gasteiger partial charge >= 0.3 is 0 Å². The maximum Gasteiger partial charge on any atom is 0.243 e. The van der Waals surface area contributed by atoms with Crippen LogP contribution in [-0.4, -0.2) is 35.7 Å². The van der Waals surface area contributed by atoms with E-state index in [1.165, 1.54) is 4.90 Å². The summed E-state index contributed by atoms with van der Waals surface area (Å²) in [7, 11) is 0. The third-order valence-electron chi connectivity index (χ3n) is 2.23. The zero-order chi connectivity index (χ0) is 10.0. The van der Waals surface area contributed by atoms with Gasteiger partial charge in [-0.25, -0.2) is 8.78 Å². The van der Waals surface area contributed by atoms with Gasteiger partial charge in [0.1, 0.15) is 5.38 Å². The van der Waals surface area contributed by atoms with Crippen LogP contribution >= 0.6 is 11.6 Å². The summed E-state index contributed by atoms with van der Waals surface area (Å²) in [6.45, 7) is 2.11. The lowest BCUT2D eigenvalue weighted by atomic mass is 10.1. The number of rotatable bonds is 2. The van der Waals surface area contributed by atoms with E-state index in [4.69, 9.17) is 11.6 Å². The van der Waals surface area contributed by atoms with Crippen molar-refractivity contribution in [2.75, 3.05) is 13.1 Å². The van der Waals surface area contributed by atoms with Crippen molar-refractivity contribution < 1.29 is 13.6 Å². The molecule has 0 aromatic carbocycles. The highest BCUT2D eigenvalue weighted by Crippen LogP contribution is 2.23. The zero-order valence-electron chi connectivity index (χ0n) is 7.34. The first-order valence-corrected chi connectivity index (χ1v) is 4.67. The average Bonchev–Trinajstić information content (AvgIpc) is 2.50. The van der Waals surface area contributed by atoms with Gasteiger partial charge in [-0.05, 0) is 13.3 Å². The van der Waals surface area contributed by atoms with Gasteiger partial charge in [-0.3, -0.25) is 4.79 Å². The molecule has 2 atom stereocenters. The summed E-state index contributed by atoms with van der Waals surface area (Å²) in [6, 6.07) is 0. The third-order valence-corrected chi connectivity index (χ3v) is 2.42. The van der Waals surface area contributed by atoms with Crippen molar-refractivity contribution in [3.05, 3.63) is 0 Å². The summed E-state index contributed by atoms with van der Waals surface area (Å²) in [4.78, 5) is 12.7. The second kappa shape index (κ2) is 4.22. The highest BCUT2D eigenvalue weighted by atomic mass is 35.5. The van der Waals surface area contributed by atoms with Crippen molar-refractivity contribution >= 4 is 17.5 Å². The number of amides is 1. The number of alkyl halides is 3. The molecule has 13 heavy (non-hydrogen) atoms. The fourth-order valence-corrected chi connectivity index (χ4v) is 1.58. The molecule has 1 aliphatic heterocycles. The molecule has 1 aliphatic rings. The molecule has 1 amide bonds. The van der Waals surface area contributed by atoms with E-state index in [2.05, 4.69) is 0 Å². The van der Waals surface area contributed by atoms with Crippen LogP contribution in [0.15, 0.2) is 0 Å². The minimum atomic E-state index is -2.33. The maximum absolute atomic E-state index is 12.2. The van der Waals surface area contributed by atoms with Gasteiger partial charge in [0.05, 0.1) is 0 Å². The van der Waals surface area contributed by atoms with Gasteiger partial charge in [0.25, 0.3) is 0 Å². The van der Waals surface area contributed by atoms with Crippen molar-refractivity contribution in [1.29, 1.82) is 0 Å². The first-order valence-electron chi connectivity index (χ1n) is 4.23. The van der Waals surface area contributed by atoms with Gasteiger partial charge in [0.2, 0.25) is 12.3 Å². The molecule has 0 N–H and O–H groups in total. The van der Waals surface area contributed by atoms with Crippen LogP contribution in [-0.2, 0) is 4.79 Å². The molecule has 0 aliphatic carbocycles. The number of nitrogens with zero attached hydrogens (tertiary/aromatic N) is 1. The largest absolute Gasteiger partial charge is 0.341 e. The zero-order valence-corrected chi connectivity index (χ0v) is 8.10. The first kappa shape index (κ1) is 10.7. The van der Waals surface area contributed by atoms with E-state index in [1.54, 1.807) is 6.92 Å². The molecule has 0 aromatic rings. The van der Waals surface area contributed by atoms with E-state index >= 15 is 0 Å². The Morgan fingerprint density at radius 2 is 2.23 bits per heavy atom. The van der Waals surface area contributed by atoms with Gasteiger partial charge in [-0.2, -0.15) is 0 Å². The van der Waals surface area contributed by atoms with Gasteiger partial charge in [-0.1, -0.05) is 0 Å². The number of carbonyl (C=O) groups is 1. The van der Waals surface area contributed by atoms with Crippen molar-refractivity contribution in [2.45, 2.75) is 25.1 Å². The fourth-order valence-electron chi connectivity index (χ4n) is 1.44. The summed E-state index contributed by atoms with van der Waals surface area (Å²) in [5.41, 5.74) is 0. The van der Waals surface area contributed by atoms with Crippen LogP contribution in [0, 0.1) is 5.92 Å². The number of carbonyl (C=O) groups excluding carboxylic acids is 1. The Labute approximate surface area is 80.8 Å². The second-order valence-electron chi connectivity index (χ2n) is 3.28. The third kappa shape index (κ3) is 2.53. The highest BCUT2D eigenvalue weighted by molar-refractivity contribution is 6.30. The molecular formula is C8H12ClF2NO. The Balaban J connectivity index is 2.45. The van der Waals surface area contributed by atoms with Crippen molar-refractivity contribution in [2.24, 2.45) is 5.92 Å². The Morgan fingerprint density at radius 3 is 2.62 bits per heavy atom. The standard InChI is InChI=1S/C8H12ClF2NO/c1-5(9)8(13)12-3-2-6(4-12)7(10)11/h5-7H,2-4H2,1H3/t5-,6+/m0/s1. The van der Waals surface area contributed by atoms with E-state index in [0.29, 0.717) is 13.0 Å². The molecule has 1 rings (SSSR count). The molecular weight excluding hydrogens is 200 g/mol. The van der Waals surface area contributed by atoms with Crippen LogP contribution in [0.2, 0.25) is 0 Å². The second-order valence-corrected chi connectivity index (χ2v) is 3.94. The average molecular weight is 212 g/mol. The molecule has 0 bridgehead atoms. The smallest absolute Gasteiger partial charge is 0.243 e. The molecule has 5 heteroatoms. The predicted octanol–water partition coefficient (Wildman–Crippen LogP) is 1.73. The Bertz CT molecular complexity index is 199. The van der Waals surface area contributed by atoms with Gasteiger partial charge in [0, 0.05) is 19.0 Å². The molecule has 0 spiro atoms. The molecule has 76 valence electrons. The normalized spacial score (nSPS) is 25.3. The Kier molecular flexibility index (Phi) is 3.47. The summed E-state index contributed by atoms with van der Waals surface area (Å²) in [5, 5.41) is -0.614. The number of likely N-dealkylation sites (tertiary alicyclic amines) is 1. The molecule has 0 aromatic heterocycles. The van der Waals surface area contributed by atoms with E-state index < -0.39 is 17.7 Å². The predicted molar refractivity (Wildman–Crippen MR) is 46.0 cm³/mol. The lowest BCUT2D eigenvalue weighted by molar-refractivity contribution is -0.129. The number of hydrogen-bond acceptors (Lipinski definition) is 1. The quantitative estimate of drug-likeness (QED) is 0.637. The van der Waals surface area contributed by atoms with Gasteiger partial charge < -0.3 is 4.90 Å². The lowest BCUT2D eigenvalue weighted by Crippen LogP contribution is -2.34.